The van der Waals surface area contributed by atoms with Crippen LogP contribution in [0.1, 0.15) is 30.2 Å². The van der Waals surface area contributed by atoms with Crippen LogP contribution in [0.2, 0.25) is 0 Å². The van der Waals surface area contributed by atoms with Gasteiger partial charge in [0.2, 0.25) is 11.7 Å². The lowest BCUT2D eigenvalue weighted by molar-refractivity contribution is 0.0146. The van der Waals surface area contributed by atoms with E-state index in [1.807, 2.05) is 24.3 Å². The summed E-state index contributed by atoms with van der Waals surface area (Å²) in [5, 5.41) is 8.48. The predicted octanol–water partition coefficient (Wildman–Crippen LogP) is 3.96. The maximum absolute atomic E-state index is 6.07. The molecule has 0 bridgehead atoms. The molecule has 2 aliphatic heterocycles. The van der Waals surface area contributed by atoms with Gasteiger partial charge >= 0.3 is 0 Å². The zero-order valence-corrected chi connectivity index (χ0v) is 16.4. The van der Waals surface area contributed by atoms with Crippen molar-refractivity contribution in [1.82, 2.24) is 15.0 Å². The SMILES string of the molecule is c1cc(CN2CC(Oc3ccc(-c4noc(C5CCOCC5)n4)cc3)C2)cs1. The zero-order chi connectivity index (χ0) is 18.8. The zero-order valence-electron chi connectivity index (χ0n) is 15.6. The molecule has 0 radical (unpaired) electrons. The Labute approximate surface area is 168 Å². The molecule has 0 aliphatic carbocycles. The van der Waals surface area contributed by atoms with Gasteiger partial charge in [-0.3, -0.25) is 4.90 Å². The van der Waals surface area contributed by atoms with Gasteiger partial charge in [-0.15, -0.1) is 0 Å². The lowest BCUT2D eigenvalue weighted by Crippen LogP contribution is -2.52. The number of aromatic nitrogens is 2. The Kier molecular flexibility index (Phi) is 5.12. The minimum atomic E-state index is 0.259. The molecule has 28 heavy (non-hydrogen) atoms. The normalized spacial score (nSPS) is 18.9. The molecule has 5 rings (SSSR count). The number of ether oxygens (including phenoxy) is 2. The fourth-order valence-electron chi connectivity index (χ4n) is 3.70. The van der Waals surface area contributed by atoms with Crippen LogP contribution in [0.25, 0.3) is 11.4 Å². The average molecular weight is 398 g/mol. The highest BCUT2D eigenvalue weighted by atomic mass is 32.1. The topological polar surface area (TPSA) is 60.6 Å². The average Bonchev–Trinajstić information content (AvgIpc) is 3.40. The van der Waals surface area contributed by atoms with Crippen LogP contribution in [0.15, 0.2) is 45.6 Å². The van der Waals surface area contributed by atoms with Gasteiger partial charge in [0.1, 0.15) is 11.9 Å². The first kappa shape index (κ1) is 17.8. The second-order valence-corrected chi connectivity index (χ2v) is 8.21. The third kappa shape index (κ3) is 3.97. The first-order chi connectivity index (χ1) is 13.8. The molecule has 0 saturated carbocycles. The van der Waals surface area contributed by atoms with E-state index in [2.05, 4.69) is 31.9 Å². The summed E-state index contributed by atoms with van der Waals surface area (Å²) < 4.78 is 17.0. The fraction of sp³-hybridized carbons (Fsp3) is 0.429. The second kappa shape index (κ2) is 8.03. The molecule has 0 N–H and O–H groups in total. The smallest absolute Gasteiger partial charge is 0.230 e. The number of benzene rings is 1. The number of hydrogen-bond donors (Lipinski definition) is 0. The van der Waals surface area contributed by atoms with Crippen LogP contribution in [0.3, 0.4) is 0 Å². The molecular formula is C21H23N3O3S. The van der Waals surface area contributed by atoms with Crippen molar-refractivity contribution >= 4 is 11.3 Å². The van der Waals surface area contributed by atoms with Gasteiger partial charge in [-0.25, -0.2) is 0 Å². The van der Waals surface area contributed by atoms with E-state index >= 15 is 0 Å². The molecule has 2 aliphatic rings. The van der Waals surface area contributed by atoms with Crippen molar-refractivity contribution in [3.8, 4) is 17.1 Å². The van der Waals surface area contributed by atoms with E-state index in [0.29, 0.717) is 11.7 Å². The fourth-order valence-corrected chi connectivity index (χ4v) is 4.36. The van der Waals surface area contributed by atoms with Crippen molar-refractivity contribution in [2.75, 3.05) is 26.3 Å². The summed E-state index contributed by atoms with van der Waals surface area (Å²) in [6, 6.07) is 10.1. The molecule has 1 aromatic carbocycles. The van der Waals surface area contributed by atoms with Gasteiger partial charge in [0, 0.05) is 44.3 Å². The van der Waals surface area contributed by atoms with Gasteiger partial charge in [-0.05, 0) is 59.5 Å². The molecule has 3 aromatic rings. The number of rotatable bonds is 6. The second-order valence-electron chi connectivity index (χ2n) is 7.43. The van der Waals surface area contributed by atoms with Crippen molar-refractivity contribution < 1.29 is 14.0 Å². The molecule has 0 spiro atoms. The Morgan fingerprint density at radius 1 is 1.11 bits per heavy atom. The summed E-state index contributed by atoms with van der Waals surface area (Å²) >= 11 is 1.75. The van der Waals surface area contributed by atoms with E-state index in [-0.39, 0.29) is 6.10 Å². The van der Waals surface area contributed by atoms with E-state index < -0.39 is 0 Å². The molecule has 0 unspecified atom stereocenters. The van der Waals surface area contributed by atoms with E-state index in [1.165, 1.54) is 5.56 Å². The highest BCUT2D eigenvalue weighted by Crippen LogP contribution is 2.28. The Hall–Kier alpha value is -2.22. The Morgan fingerprint density at radius 2 is 1.93 bits per heavy atom. The molecular weight excluding hydrogens is 374 g/mol. The van der Waals surface area contributed by atoms with Crippen molar-refractivity contribution in [3.63, 3.8) is 0 Å². The van der Waals surface area contributed by atoms with Gasteiger partial charge in [-0.2, -0.15) is 16.3 Å². The largest absolute Gasteiger partial charge is 0.488 e. The molecule has 6 nitrogen and oxygen atoms in total. The minimum absolute atomic E-state index is 0.259. The molecule has 4 heterocycles. The van der Waals surface area contributed by atoms with Crippen molar-refractivity contribution in [2.45, 2.75) is 31.4 Å². The Balaban J connectivity index is 1.15. The standard InChI is InChI=1S/C21H23N3O3S/c1-3-18(26-19-12-24(13-19)11-15-7-10-28-14-15)4-2-16(1)20-22-21(27-23-20)17-5-8-25-9-6-17/h1-4,7,10,14,17,19H,5-6,8-9,11-13H2. The number of likely N-dealkylation sites (tertiary alicyclic amines) is 1. The summed E-state index contributed by atoms with van der Waals surface area (Å²) in [4.78, 5) is 6.99. The van der Waals surface area contributed by atoms with Gasteiger partial charge in [0.25, 0.3) is 0 Å². The highest BCUT2D eigenvalue weighted by molar-refractivity contribution is 7.07. The molecule has 2 aromatic heterocycles. The van der Waals surface area contributed by atoms with Crippen LogP contribution in [0.5, 0.6) is 5.75 Å². The van der Waals surface area contributed by atoms with Gasteiger partial charge in [-0.1, -0.05) is 5.16 Å². The van der Waals surface area contributed by atoms with E-state index in [1.54, 1.807) is 11.3 Å². The first-order valence-electron chi connectivity index (χ1n) is 9.75. The molecule has 2 saturated heterocycles. The number of thiophene rings is 1. The molecule has 0 amide bonds. The minimum Gasteiger partial charge on any atom is -0.488 e. The quantitative estimate of drug-likeness (QED) is 0.628. The van der Waals surface area contributed by atoms with Crippen molar-refractivity contribution in [1.29, 1.82) is 0 Å². The van der Waals surface area contributed by atoms with Crippen LogP contribution in [0, 0.1) is 0 Å². The monoisotopic (exact) mass is 397 g/mol. The maximum Gasteiger partial charge on any atom is 0.230 e. The lowest BCUT2D eigenvalue weighted by atomic mass is 10.0. The van der Waals surface area contributed by atoms with Gasteiger partial charge < -0.3 is 14.0 Å². The van der Waals surface area contributed by atoms with E-state index in [4.69, 9.17) is 14.0 Å². The maximum atomic E-state index is 6.07. The van der Waals surface area contributed by atoms with Crippen molar-refractivity contribution in [2.24, 2.45) is 0 Å². The third-order valence-electron chi connectivity index (χ3n) is 5.34. The summed E-state index contributed by atoms with van der Waals surface area (Å²) in [6.45, 7) is 4.48. The summed E-state index contributed by atoms with van der Waals surface area (Å²) in [7, 11) is 0. The van der Waals surface area contributed by atoms with Gasteiger partial charge in [0.05, 0.1) is 0 Å². The van der Waals surface area contributed by atoms with Crippen LogP contribution in [-0.2, 0) is 11.3 Å². The molecule has 0 atom stereocenters. The third-order valence-corrected chi connectivity index (χ3v) is 6.07. The Morgan fingerprint density at radius 3 is 2.68 bits per heavy atom. The van der Waals surface area contributed by atoms with Crippen LogP contribution < -0.4 is 4.74 Å². The number of nitrogens with zero attached hydrogens (tertiary/aromatic N) is 3. The molecule has 2 fully saturated rings. The summed E-state index contributed by atoms with van der Waals surface area (Å²) in [5.74, 6) is 2.56. The van der Waals surface area contributed by atoms with E-state index in [0.717, 1.165) is 62.9 Å². The van der Waals surface area contributed by atoms with Crippen LogP contribution in [-0.4, -0.2) is 47.4 Å². The summed E-state index contributed by atoms with van der Waals surface area (Å²) in [6.07, 6.45) is 2.15. The van der Waals surface area contributed by atoms with Crippen molar-refractivity contribution in [3.05, 3.63) is 52.5 Å². The predicted molar refractivity (Wildman–Crippen MR) is 107 cm³/mol. The lowest BCUT2D eigenvalue weighted by Gasteiger charge is -2.38. The number of hydrogen-bond acceptors (Lipinski definition) is 7. The first-order valence-corrected chi connectivity index (χ1v) is 10.7. The van der Waals surface area contributed by atoms with Gasteiger partial charge in [0.15, 0.2) is 0 Å². The van der Waals surface area contributed by atoms with E-state index in [9.17, 15) is 0 Å². The molecule has 146 valence electrons. The van der Waals surface area contributed by atoms with Crippen LogP contribution in [0.4, 0.5) is 0 Å². The van der Waals surface area contributed by atoms with Crippen LogP contribution >= 0.6 is 11.3 Å². The molecule has 7 heteroatoms. The highest BCUT2D eigenvalue weighted by Gasteiger charge is 2.28. The summed E-state index contributed by atoms with van der Waals surface area (Å²) in [5.41, 5.74) is 2.33. The Bertz CT molecular complexity index is 882.